The Morgan fingerprint density at radius 2 is 1.71 bits per heavy atom. The van der Waals surface area contributed by atoms with Crippen molar-refractivity contribution in [2.75, 3.05) is 7.05 Å². The van der Waals surface area contributed by atoms with Crippen LogP contribution in [0.2, 0.25) is 0 Å². The maximum absolute atomic E-state index is 12.9. The number of aryl methyl sites for hydroxylation is 1. The molecule has 24 heavy (non-hydrogen) atoms. The van der Waals surface area contributed by atoms with Crippen LogP contribution in [0.1, 0.15) is 33.9 Å². The molecule has 0 bridgehead atoms. The molecule has 1 aromatic heterocycles. The molecule has 1 aliphatic carbocycles. The highest BCUT2D eigenvalue weighted by Gasteiger charge is 2.28. The van der Waals surface area contributed by atoms with Crippen LogP contribution in [0.15, 0.2) is 73.1 Å². The first kappa shape index (κ1) is 14.8. The molecule has 0 aliphatic heterocycles. The maximum Gasteiger partial charge on any atom is 0.254 e. The average Bonchev–Trinajstić information content (AvgIpc) is 3.30. The summed E-state index contributed by atoms with van der Waals surface area (Å²) in [5.41, 5.74) is 4.45. The average molecular weight is 316 g/mol. The van der Waals surface area contributed by atoms with Crippen molar-refractivity contribution >= 4 is 5.91 Å². The highest BCUT2D eigenvalue weighted by atomic mass is 16.2. The van der Waals surface area contributed by atoms with E-state index in [1.165, 1.54) is 11.1 Å². The molecule has 0 N–H and O–H groups in total. The molecule has 1 atom stereocenters. The topological polar surface area (TPSA) is 25.2 Å². The van der Waals surface area contributed by atoms with Gasteiger partial charge in [-0.2, -0.15) is 0 Å². The Kier molecular flexibility index (Phi) is 3.69. The van der Waals surface area contributed by atoms with Crippen LogP contribution in [-0.4, -0.2) is 22.4 Å². The zero-order valence-electron chi connectivity index (χ0n) is 13.7. The lowest BCUT2D eigenvalue weighted by atomic mass is 10.1. The van der Waals surface area contributed by atoms with Crippen LogP contribution in [-0.2, 0) is 6.42 Å². The molecule has 0 radical (unpaired) electrons. The fourth-order valence-corrected chi connectivity index (χ4v) is 3.56. The monoisotopic (exact) mass is 316 g/mol. The van der Waals surface area contributed by atoms with Crippen LogP contribution in [0.5, 0.6) is 0 Å². The lowest BCUT2D eigenvalue weighted by Gasteiger charge is -2.25. The number of amides is 1. The quantitative estimate of drug-likeness (QED) is 0.709. The summed E-state index contributed by atoms with van der Waals surface area (Å²) in [5, 5.41) is 0. The number of rotatable bonds is 3. The molecule has 1 heterocycles. The Hall–Kier alpha value is -2.81. The van der Waals surface area contributed by atoms with E-state index in [0.29, 0.717) is 0 Å². The number of nitrogens with zero attached hydrogens (tertiary/aromatic N) is 2. The molecular weight excluding hydrogens is 296 g/mol. The Morgan fingerprint density at radius 3 is 2.46 bits per heavy atom. The molecule has 1 aliphatic rings. The molecule has 1 amide bonds. The Labute approximate surface area is 142 Å². The summed E-state index contributed by atoms with van der Waals surface area (Å²) in [4.78, 5) is 14.7. The minimum absolute atomic E-state index is 0.0794. The second-order valence-electron chi connectivity index (χ2n) is 6.31. The van der Waals surface area contributed by atoms with Crippen molar-refractivity contribution in [2.24, 2.45) is 0 Å². The first-order valence-corrected chi connectivity index (χ1v) is 8.32. The summed E-state index contributed by atoms with van der Waals surface area (Å²) in [6, 6.07) is 20.4. The third kappa shape index (κ3) is 2.52. The number of carbonyl (C=O) groups is 1. The zero-order valence-corrected chi connectivity index (χ0v) is 13.7. The van der Waals surface area contributed by atoms with Crippen LogP contribution in [0.3, 0.4) is 0 Å². The summed E-state index contributed by atoms with van der Waals surface area (Å²) in [7, 11) is 1.91. The summed E-state index contributed by atoms with van der Waals surface area (Å²) in [5.74, 6) is 0.0794. The molecule has 3 nitrogen and oxygen atoms in total. The third-order valence-corrected chi connectivity index (χ3v) is 4.91. The predicted octanol–water partition coefficient (Wildman–Crippen LogP) is 4.24. The number of benzene rings is 2. The number of aromatic nitrogens is 1. The molecule has 0 spiro atoms. The van der Waals surface area contributed by atoms with E-state index in [-0.39, 0.29) is 11.9 Å². The highest BCUT2D eigenvalue weighted by Crippen LogP contribution is 2.35. The van der Waals surface area contributed by atoms with Gasteiger partial charge in [-0.1, -0.05) is 24.3 Å². The van der Waals surface area contributed by atoms with E-state index >= 15 is 0 Å². The van der Waals surface area contributed by atoms with E-state index in [1.54, 1.807) is 0 Å². The van der Waals surface area contributed by atoms with Gasteiger partial charge in [-0.3, -0.25) is 4.79 Å². The highest BCUT2D eigenvalue weighted by molar-refractivity contribution is 5.94. The molecule has 0 saturated carbocycles. The van der Waals surface area contributed by atoms with Crippen LogP contribution in [0, 0.1) is 0 Å². The van der Waals surface area contributed by atoms with Gasteiger partial charge in [0.2, 0.25) is 0 Å². The van der Waals surface area contributed by atoms with Crippen LogP contribution >= 0.6 is 0 Å². The van der Waals surface area contributed by atoms with Gasteiger partial charge in [0.05, 0.1) is 6.04 Å². The fourth-order valence-electron chi connectivity index (χ4n) is 3.56. The third-order valence-electron chi connectivity index (χ3n) is 4.91. The minimum atomic E-state index is 0.0794. The van der Waals surface area contributed by atoms with Crippen molar-refractivity contribution in [1.29, 1.82) is 0 Å². The zero-order chi connectivity index (χ0) is 16.5. The molecule has 3 aromatic rings. The van der Waals surface area contributed by atoms with Crippen molar-refractivity contribution in [3.63, 3.8) is 0 Å². The van der Waals surface area contributed by atoms with Gasteiger partial charge in [0.25, 0.3) is 5.91 Å². The van der Waals surface area contributed by atoms with E-state index < -0.39 is 0 Å². The summed E-state index contributed by atoms with van der Waals surface area (Å²) in [6.45, 7) is 0. The Balaban J connectivity index is 1.55. The van der Waals surface area contributed by atoms with Gasteiger partial charge in [0.1, 0.15) is 0 Å². The first-order chi connectivity index (χ1) is 11.7. The van der Waals surface area contributed by atoms with Crippen LogP contribution < -0.4 is 0 Å². The Morgan fingerprint density at radius 1 is 1.00 bits per heavy atom. The van der Waals surface area contributed by atoms with E-state index in [1.807, 2.05) is 65.3 Å². The molecule has 0 saturated heterocycles. The number of carbonyl (C=O) groups excluding carboxylic acids is 1. The lowest BCUT2D eigenvalue weighted by Crippen LogP contribution is -2.30. The first-order valence-electron chi connectivity index (χ1n) is 8.32. The van der Waals surface area contributed by atoms with Gasteiger partial charge in [-0.25, -0.2) is 0 Å². The van der Waals surface area contributed by atoms with Gasteiger partial charge >= 0.3 is 0 Å². The summed E-state index contributed by atoms with van der Waals surface area (Å²) >= 11 is 0. The normalized spacial score (nSPS) is 16.0. The fraction of sp³-hybridized carbons (Fsp3) is 0.190. The van der Waals surface area contributed by atoms with E-state index in [0.717, 1.165) is 24.1 Å². The summed E-state index contributed by atoms with van der Waals surface area (Å²) < 4.78 is 2.03. The number of hydrogen-bond acceptors (Lipinski definition) is 1. The van der Waals surface area contributed by atoms with Gasteiger partial charge < -0.3 is 9.47 Å². The maximum atomic E-state index is 12.9. The van der Waals surface area contributed by atoms with Crippen molar-refractivity contribution in [3.05, 3.63) is 89.7 Å². The largest absolute Gasteiger partial charge is 0.335 e. The van der Waals surface area contributed by atoms with Gasteiger partial charge in [0.15, 0.2) is 0 Å². The SMILES string of the molecule is CN(C(=O)c1ccc(-n2cccc2)cc1)C1CCc2ccccc21. The van der Waals surface area contributed by atoms with Crippen molar-refractivity contribution in [2.45, 2.75) is 18.9 Å². The minimum Gasteiger partial charge on any atom is -0.335 e. The smallest absolute Gasteiger partial charge is 0.254 e. The van der Waals surface area contributed by atoms with E-state index in [2.05, 4.69) is 24.3 Å². The summed E-state index contributed by atoms with van der Waals surface area (Å²) in [6.07, 6.45) is 6.05. The standard InChI is InChI=1S/C21H20N2O/c1-22(20-13-10-16-6-2-3-7-19(16)20)21(24)17-8-11-18(12-9-17)23-14-4-5-15-23/h2-9,11-12,14-15,20H,10,13H2,1H3. The molecule has 3 heteroatoms. The van der Waals surface area contributed by atoms with Gasteiger partial charge in [0, 0.05) is 30.7 Å². The molecule has 1 unspecified atom stereocenters. The number of hydrogen-bond donors (Lipinski definition) is 0. The molecular formula is C21H20N2O. The van der Waals surface area contributed by atoms with E-state index in [9.17, 15) is 4.79 Å². The van der Waals surface area contributed by atoms with Crippen LogP contribution in [0.25, 0.3) is 5.69 Å². The molecule has 0 fully saturated rings. The van der Waals surface area contributed by atoms with Crippen molar-refractivity contribution < 1.29 is 4.79 Å². The lowest BCUT2D eigenvalue weighted by molar-refractivity contribution is 0.0730. The van der Waals surface area contributed by atoms with Crippen molar-refractivity contribution in [3.8, 4) is 5.69 Å². The van der Waals surface area contributed by atoms with Crippen molar-refractivity contribution in [1.82, 2.24) is 9.47 Å². The van der Waals surface area contributed by atoms with Crippen LogP contribution in [0.4, 0.5) is 0 Å². The predicted molar refractivity (Wildman–Crippen MR) is 95.4 cm³/mol. The molecule has 4 rings (SSSR count). The molecule has 2 aromatic carbocycles. The second kappa shape index (κ2) is 6.00. The van der Waals surface area contributed by atoms with Gasteiger partial charge in [-0.15, -0.1) is 0 Å². The second-order valence-corrected chi connectivity index (χ2v) is 6.31. The molecule has 120 valence electrons. The van der Waals surface area contributed by atoms with Gasteiger partial charge in [-0.05, 0) is 60.4 Å². The number of fused-ring (bicyclic) bond motifs is 1. The van der Waals surface area contributed by atoms with E-state index in [4.69, 9.17) is 0 Å². The Bertz CT molecular complexity index is 850.